The van der Waals surface area contributed by atoms with Crippen molar-refractivity contribution in [2.24, 2.45) is 5.73 Å². The van der Waals surface area contributed by atoms with Crippen LogP contribution in [0.4, 0.5) is 0 Å². The predicted octanol–water partition coefficient (Wildman–Crippen LogP) is 2.03. The number of aromatic nitrogens is 3. The van der Waals surface area contributed by atoms with E-state index in [0.717, 1.165) is 16.9 Å². The minimum atomic E-state index is 0.168. The topological polar surface area (TPSA) is 76.8 Å². The van der Waals surface area contributed by atoms with Gasteiger partial charge in [0.25, 0.3) is 0 Å². The lowest BCUT2D eigenvalue weighted by Gasteiger charge is -2.12. The number of aromatic amines is 1. The van der Waals surface area contributed by atoms with Gasteiger partial charge in [-0.2, -0.15) is 5.10 Å². The summed E-state index contributed by atoms with van der Waals surface area (Å²) >= 11 is 0. The highest BCUT2D eigenvalue weighted by Gasteiger charge is 2.08. The smallest absolute Gasteiger partial charge is 0.181 e. The molecule has 0 bridgehead atoms. The minimum absolute atomic E-state index is 0.168. The van der Waals surface area contributed by atoms with Crippen molar-refractivity contribution in [2.45, 2.75) is 33.4 Å². The molecule has 1 aromatic heterocycles. The van der Waals surface area contributed by atoms with Crippen LogP contribution < -0.4 is 10.5 Å². The number of nitrogens with one attached hydrogen (secondary N) is 1. The quantitative estimate of drug-likeness (QED) is 0.865. The molecule has 0 radical (unpaired) electrons. The summed E-state index contributed by atoms with van der Waals surface area (Å²) in [6, 6.07) is 5.92. The van der Waals surface area contributed by atoms with Gasteiger partial charge in [-0.25, -0.2) is 4.98 Å². The van der Waals surface area contributed by atoms with Gasteiger partial charge in [0.15, 0.2) is 5.82 Å². The molecule has 5 heteroatoms. The predicted molar refractivity (Wildman–Crippen MR) is 70.2 cm³/mol. The molecule has 5 nitrogen and oxygen atoms in total. The van der Waals surface area contributed by atoms with Crippen LogP contribution in [0.3, 0.4) is 0 Å². The zero-order chi connectivity index (χ0) is 13.1. The number of rotatable bonds is 4. The van der Waals surface area contributed by atoms with Gasteiger partial charge in [-0.05, 0) is 44.5 Å². The molecule has 0 unspecified atom stereocenters. The number of H-pyrrole nitrogens is 1. The third-order valence-electron chi connectivity index (χ3n) is 2.52. The Balaban J connectivity index is 2.28. The Morgan fingerprint density at radius 3 is 2.72 bits per heavy atom. The van der Waals surface area contributed by atoms with Crippen molar-refractivity contribution in [2.75, 3.05) is 0 Å². The van der Waals surface area contributed by atoms with Crippen LogP contribution in [-0.4, -0.2) is 21.3 Å². The molecule has 18 heavy (non-hydrogen) atoms. The number of hydrogen-bond donors (Lipinski definition) is 2. The molecule has 1 heterocycles. The maximum atomic E-state index is 5.69. The molecule has 0 atom stereocenters. The molecule has 3 N–H and O–H groups in total. The number of nitrogens with two attached hydrogens (primary N) is 1. The first-order valence-electron chi connectivity index (χ1n) is 5.99. The average molecular weight is 246 g/mol. The van der Waals surface area contributed by atoms with E-state index in [1.54, 1.807) is 0 Å². The van der Waals surface area contributed by atoms with Gasteiger partial charge < -0.3 is 10.5 Å². The van der Waals surface area contributed by atoms with E-state index in [0.29, 0.717) is 18.2 Å². The van der Waals surface area contributed by atoms with Gasteiger partial charge in [-0.15, -0.1) is 0 Å². The third kappa shape index (κ3) is 2.68. The van der Waals surface area contributed by atoms with E-state index in [2.05, 4.69) is 15.2 Å². The van der Waals surface area contributed by atoms with Gasteiger partial charge in [0, 0.05) is 5.56 Å². The SMILES string of the molecule is Cc1cc(-c2n[nH]c(CN)n2)ccc1OC(C)C. The van der Waals surface area contributed by atoms with Gasteiger partial charge in [-0.1, -0.05) is 0 Å². The standard InChI is InChI=1S/C13H18N4O/c1-8(2)18-11-5-4-10(6-9(11)3)13-15-12(7-14)16-17-13/h4-6,8H,7,14H2,1-3H3,(H,15,16,17). The maximum Gasteiger partial charge on any atom is 0.181 e. The van der Waals surface area contributed by atoms with E-state index in [4.69, 9.17) is 10.5 Å². The first kappa shape index (κ1) is 12.6. The molecule has 0 saturated carbocycles. The first-order valence-corrected chi connectivity index (χ1v) is 5.99. The molecule has 0 aliphatic heterocycles. The maximum absolute atomic E-state index is 5.69. The lowest BCUT2D eigenvalue weighted by molar-refractivity contribution is 0.241. The Kier molecular flexibility index (Phi) is 3.62. The number of aryl methyl sites for hydroxylation is 1. The summed E-state index contributed by atoms with van der Waals surface area (Å²) < 4.78 is 5.69. The number of benzene rings is 1. The van der Waals surface area contributed by atoms with Gasteiger partial charge in [0.1, 0.15) is 11.6 Å². The second-order valence-electron chi connectivity index (χ2n) is 4.46. The molecule has 0 amide bonds. The number of ether oxygens (including phenoxy) is 1. The van der Waals surface area contributed by atoms with Gasteiger partial charge in [0.05, 0.1) is 12.6 Å². The van der Waals surface area contributed by atoms with Gasteiger partial charge in [0.2, 0.25) is 0 Å². The Labute approximate surface area is 106 Å². The largest absolute Gasteiger partial charge is 0.491 e. The molecule has 2 aromatic rings. The Morgan fingerprint density at radius 2 is 2.17 bits per heavy atom. The first-order chi connectivity index (χ1) is 8.60. The summed E-state index contributed by atoms with van der Waals surface area (Å²) in [7, 11) is 0. The normalized spacial score (nSPS) is 10.9. The molecule has 2 rings (SSSR count). The van der Waals surface area contributed by atoms with Crippen LogP contribution >= 0.6 is 0 Å². The molecular weight excluding hydrogens is 228 g/mol. The molecule has 0 spiro atoms. The fourth-order valence-electron chi connectivity index (χ4n) is 1.69. The molecule has 0 fully saturated rings. The highest BCUT2D eigenvalue weighted by molar-refractivity contribution is 5.58. The zero-order valence-corrected chi connectivity index (χ0v) is 10.9. The fraction of sp³-hybridized carbons (Fsp3) is 0.385. The number of hydrogen-bond acceptors (Lipinski definition) is 4. The van der Waals surface area contributed by atoms with Crippen molar-refractivity contribution in [3.05, 3.63) is 29.6 Å². The fourth-order valence-corrected chi connectivity index (χ4v) is 1.69. The van der Waals surface area contributed by atoms with Gasteiger partial charge >= 0.3 is 0 Å². The van der Waals surface area contributed by atoms with Crippen LogP contribution in [0.5, 0.6) is 5.75 Å². The highest BCUT2D eigenvalue weighted by atomic mass is 16.5. The Morgan fingerprint density at radius 1 is 1.39 bits per heavy atom. The van der Waals surface area contributed by atoms with Crippen molar-refractivity contribution in [3.8, 4) is 17.1 Å². The number of nitrogens with zero attached hydrogens (tertiary/aromatic N) is 2. The summed E-state index contributed by atoms with van der Waals surface area (Å²) in [4.78, 5) is 4.30. The molecule has 0 aliphatic rings. The van der Waals surface area contributed by atoms with Crippen molar-refractivity contribution >= 4 is 0 Å². The second kappa shape index (κ2) is 5.18. The Bertz CT molecular complexity index is 534. The minimum Gasteiger partial charge on any atom is -0.491 e. The molecular formula is C13H18N4O. The average Bonchev–Trinajstić information content (AvgIpc) is 2.80. The van der Waals surface area contributed by atoms with Crippen LogP contribution in [0.25, 0.3) is 11.4 Å². The summed E-state index contributed by atoms with van der Waals surface area (Å²) in [5.74, 6) is 2.24. The lowest BCUT2D eigenvalue weighted by Crippen LogP contribution is -2.06. The van der Waals surface area contributed by atoms with E-state index in [1.165, 1.54) is 0 Å². The lowest BCUT2D eigenvalue weighted by atomic mass is 10.1. The van der Waals surface area contributed by atoms with E-state index in [9.17, 15) is 0 Å². The summed E-state index contributed by atoms with van der Waals surface area (Å²) in [5.41, 5.74) is 7.52. The van der Waals surface area contributed by atoms with Gasteiger partial charge in [-0.3, -0.25) is 5.10 Å². The van der Waals surface area contributed by atoms with E-state index in [-0.39, 0.29) is 6.10 Å². The van der Waals surface area contributed by atoms with E-state index >= 15 is 0 Å². The van der Waals surface area contributed by atoms with Crippen LogP contribution in [0, 0.1) is 6.92 Å². The van der Waals surface area contributed by atoms with Crippen LogP contribution in [0.1, 0.15) is 25.2 Å². The van der Waals surface area contributed by atoms with Crippen molar-refractivity contribution in [3.63, 3.8) is 0 Å². The highest BCUT2D eigenvalue weighted by Crippen LogP contribution is 2.24. The molecule has 0 saturated heterocycles. The second-order valence-corrected chi connectivity index (χ2v) is 4.46. The van der Waals surface area contributed by atoms with Crippen molar-refractivity contribution in [1.29, 1.82) is 0 Å². The van der Waals surface area contributed by atoms with Crippen LogP contribution in [0.2, 0.25) is 0 Å². The van der Waals surface area contributed by atoms with E-state index in [1.807, 2.05) is 39.0 Å². The molecule has 0 aliphatic carbocycles. The van der Waals surface area contributed by atoms with Crippen LogP contribution in [0.15, 0.2) is 18.2 Å². The van der Waals surface area contributed by atoms with Crippen molar-refractivity contribution < 1.29 is 4.74 Å². The zero-order valence-electron chi connectivity index (χ0n) is 10.9. The van der Waals surface area contributed by atoms with Crippen molar-refractivity contribution in [1.82, 2.24) is 15.2 Å². The molecule has 96 valence electrons. The van der Waals surface area contributed by atoms with Crippen LogP contribution in [-0.2, 0) is 6.54 Å². The van der Waals surface area contributed by atoms with E-state index < -0.39 is 0 Å². The summed E-state index contributed by atoms with van der Waals surface area (Å²) in [6.07, 6.45) is 0.168. The third-order valence-corrected chi connectivity index (χ3v) is 2.52. The molecule has 1 aromatic carbocycles. The Hall–Kier alpha value is -1.88. The summed E-state index contributed by atoms with van der Waals surface area (Å²) in [6.45, 7) is 6.39. The monoisotopic (exact) mass is 246 g/mol. The summed E-state index contributed by atoms with van der Waals surface area (Å²) in [5, 5.41) is 6.93.